The first-order chi connectivity index (χ1) is 6.93. The number of hydrogen-bond donors (Lipinski definition) is 0. The van der Waals surface area contributed by atoms with Crippen molar-refractivity contribution in [3.05, 3.63) is 31.2 Å². The van der Waals surface area contributed by atoms with Crippen molar-refractivity contribution in [3.63, 3.8) is 0 Å². The first kappa shape index (κ1) is 12.3. The highest BCUT2D eigenvalue weighted by atomic mass is 79.9. The number of rotatable bonds is 3. The number of nitrogens with zero attached hydrogens (tertiary/aromatic N) is 1. The summed E-state index contributed by atoms with van der Waals surface area (Å²) >= 11 is 5.78. The Morgan fingerprint density at radius 3 is 2.33 bits per heavy atom. The zero-order valence-corrected chi connectivity index (χ0v) is 10.1. The molecule has 1 aromatic carbocycles. The zero-order valence-electron chi connectivity index (χ0n) is 6.92. The van der Waals surface area contributed by atoms with Gasteiger partial charge in [-0.3, -0.25) is 10.1 Å². The maximum atomic E-state index is 12.0. The molecule has 0 bridgehead atoms. The molecule has 0 atom stereocenters. The van der Waals surface area contributed by atoms with Gasteiger partial charge in [0.25, 0.3) is 0 Å². The lowest BCUT2D eigenvalue weighted by Crippen LogP contribution is -2.05. The molecular weight excluding hydrogens is 344 g/mol. The van der Waals surface area contributed by atoms with Gasteiger partial charge in [0, 0.05) is 0 Å². The van der Waals surface area contributed by atoms with Gasteiger partial charge in [-0.15, -0.1) is 0 Å². The van der Waals surface area contributed by atoms with Gasteiger partial charge in [0.2, 0.25) is 5.75 Å². The summed E-state index contributed by atoms with van der Waals surface area (Å²) in [5, 5.41) is 10.6. The minimum Gasteiger partial charge on any atom is -0.426 e. The van der Waals surface area contributed by atoms with Gasteiger partial charge < -0.3 is 4.74 Å². The number of benzene rings is 1. The second kappa shape index (κ2) is 4.84. The molecule has 0 heterocycles. The number of hydrogen-bond acceptors (Lipinski definition) is 3. The van der Waals surface area contributed by atoms with Crippen LogP contribution in [0.3, 0.4) is 0 Å². The third kappa shape index (κ3) is 2.85. The molecule has 82 valence electrons. The van der Waals surface area contributed by atoms with Gasteiger partial charge in [-0.25, -0.2) is 0 Å². The molecule has 0 aliphatic carbocycles. The predicted molar refractivity (Wildman–Crippen MR) is 55.1 cm³/mol. The molecule has 8 heteroatoms. The lowest BCUT2D eigenvalue weighted by atomic mass is 10.3. The standard InChI is InChI=1S/C7H3Br2F2NO3/c8-3-1-2-4(9)6(15-7(10)11)5(3)12(13)14/h1-2,7H. The maximum Gasteiger partial charge on any atom is 0.387 e. The molecule has 0 saturated heterocycles. The molecule has 0 aliphatic heterocycles. The Kier molecular flexibility index (Phi) is 3.97. The Labute approximate surface area is 99.6 Å². The maximum absolute atomic E-state index is 12.0. The van der Waals surface area contributed by atoms with Crippen molar-refractivity contribution < 1.29 is 18.4 Å². The van der Waals surface area contributed by atoms with E-state index in [0.29, 0.717) is 0 Å². The van der Waals surface area contributed by atoms with Crippen molar-refractivity contribution in [2.75, 3.05) is 0 Å². The minimum absolute atomic E-state index is 0.0753. The molecule has 0 aliphatic rings. The molecule has 15 heavy (non-hydrogen) atoms. The molecule has 0 unspecified atom stereocenters. The van der Waals surface area contributed by atoms with Crippen LogP contribution < -0.4 is 4.74 Å². The van der Waals surface area contributed by atoms with Crippen LogP contribution in [0.15, 0.2) is 21.1 Å². The SMILES string of the molecule is O=[N+]([O-])c1c(Br)ccc(Br)c1OC(F)F. The van der Waals surface area contributed by atoms with E-state index in [1.807, 2.05) is 0 Å². The molecular formula is C7H3Br2F2NO3. The summed E-state index contributed by atoms with van der Waals surface area (Å²) in [4.78, 5) is 9.81. The molecule has 0 radical (unpaired) electrons. The van der Waals surface area contributed by atoms with E-state index in [1.54, 1.807) is 0 Å². The van der Waals surface area contributed by atoms with Crippen molar-refractivity contribution in [3.8, 4) is 5.75 Å². The topological polar surface area (TPSA) is 52.4 Å². The highest BCUT2D eigenvalue weighted by Gasteiger charge is 2.25. The fourth-order valence-corrected chi connectivity index (χ4v) is 1.76. The highest BCUT2D eigenvalue weighted by molar-refractivity contribution is 9.11. The van der Waals surface area contributed by atoms with Gasteiger partial charge in [-0.1, -0.05) is 0 Å². The molecule has 0 fully saturated rings. The van der Waals surface area contributed by atoms with Crippen LogP contribution in [0, 0.1) is 10.1 Å². The first-order valence-corrected chi connectivity index (χ1v) is 5.09. The van der Waals surface area contributed by atoms with Gasteiger partial charge in [0.15, 0.2) is 0 Å². The average Bonchev–Trinajstić information content (AvgIpc) is 2.10. The molecule has 0 N–H and O–H groups in total. The Hall–Kier alpha value is -0.760. The van der Waals surface area contributed by atoms with Crippen LogP contribution in [0.2, 0.25) is 0 Å². The van der Waals surface area contributed by atoms with Gasteiger partial charge >= 0.3 is 12.3 Å². The van der Waals surface area contributed by atoms with E-state index < -0.39 is 23.0 Å². The monoisotopic (exact) mass is 345 g/mol. The Bertz CT molecular complexity index is 400. The zero-order chi connectivity index (χ0) is 11.6. The number of alkyl halides is 2. The van der Waals surface area contributed by atoms with E-state index in [-0.39, 0.29) is 8.95 Å². The van der Waals surface area contributed by atoms with Crippen molar-refractivity contribution in [2.24, 2.45) is 0 Å². The molecule has 1 aromatic rings. The number of halogens is 4. The van der Waals surface area contributed by atoms with Crippen LogP contribution in [-0.4, -0.2) is 11.5 Å². The molecule has 1 rings (SSSR count). The van der Waals surface area contributed by atoms with E-state index in [2.05, 4.69) is 36.6 Å². The Morgan fingerprint density at radius 1 is 1.33 bits per heavy atom. The fourth-order valence-electron chi connectivity index (χ4n) is 0.894. The van der Waals surface area contributed by atoms with Crippen molar-refractivity contribution in [2.45, 2.75) is 6.61 Å². The first-order valence-electron chi connectivity index (χ1n) is 3.50. The lowest BCUT2D eigenvalue weighted by Gasteiger charge is -2.07. The van der Waals surface area contributed by atoms with Crippen LogP contribution in [0.4, 0.5) is 14.5 Å². The Morgan fingerprint density at radius 2 is 1.87 bits per heavy atom. The molecule has 0 spiro atoms. The quantitative estimate of drug-likeness (QED) is 0.619. The van der Waals surface area contributed by atoms with E-state index in [9.17, 15) is 18.9 Å². The van der Waals surface area contributed by atoms with Crippen LogP contribution >= 0.6 is 31.9 Å². The van der Waals surface area contributed by atoms with Gasteiger partial charge in [-0.2, -0.15) is 8.78 Å². The summed E-state index contributed by atoms with van der Waals surface area (Å²) in [7, 11) is 0. The second-order valence-electron chi connectivity index (χ2n) is 2.34. The van der Waals surface area contributed by atoms with Gasteiger partial charge in [0.1, 0.15) is 0 Å². The lowest BCUT2D eigenvalue weighted by molar-refractivity contribution is -0.387. The smallest absolute Gasteiger partial charge is 0.387 e. The van der Waals surface area contributed by atoms with Crippen molar-refractivity contribution in [1.29, 1.82) is 0 Å². The second-order valence-corrected chi connectivity index (χ2v) is 4.05. The average molecular weight is 347 g/mol. The molecule has 4 nitrogen and oxygen atoms in total. The summed E-state index contributed by atoms with van der Waals surface area (Å²) in [5.41, 5.74) is -0.537. The number of nitro benzene ring substituents is 1. The largest absolute Gasteiger partial charge is 0.426 e. The minimum atomic E-state index is -3.12. The summed E-state index contributed by atoms with van der Waals surface area (Å²) in [5.74, 6) is -0.496. The summed E-state index contributed by atoms with van der Waals surface area (Å²) in [6.45, 7) is -3.12. The van der Waals surface area contributed by atoms with Gasteiger partial charge in [0.05, 0.1) is 13.9 Å². The Balaban J connectivity index is 3.31. The number of ether oxygens (including phenoxy) is 1. The third-order valence-corrected chi connectivity index (χ3v) is 2.69. The van der Waals surface area contributed by atoms with Crippen LogP contribution in [0.1, 0.15) is 0 Å². The highest BCUT2D eigenvalue weighted by Crippen LogP contribution is 2.41. The molecule has 0 saturated carbocycles. The number of nitro groups is 1. The predicted octanol–water partition coefficient (Wildman–Crippen LogP) is 3.72. The molecule has 0 amide bonds. The van der Waals surface area contributed by atoms with E-state index in [1.165, 1.54) is 12.1 Å². The molecule has 0 aromatic heterocycles. The van der Waals surface area contributed by atoms with Crippen molar-refractivity contribution >= 4 is 37.5 Å². The van der Waals surface area contributed by atoms with Crippen LogP contribution in [0.25, 0.3) is 0 Å². The van der Waals surface area contributed by atoms with E-state index in [4.69, 9.17) is 0 Å². The summed E-state index contributed by atoms with van der Waals surface area (Å²) in [6, 6.07) is 2.73. The summed E-state index contributed by atoms with van der Waals surface area (Å²) in [6.07, 6.45) is 0. The van der Waals surface area contributed by atoms with E-state index in [0.717, 1.165) is 0 Å². The van der Waals surface area contributed by atoms with Crippen LogP contribution in [0.5, 0.6) is 5.75 Å². The fraction of sp³-hybridized carbons (Fsp3) is 0.143. The normalized spacial score (nSPS) is 10.5. The van der Waals surface area contributed by atoms with E-state index >= 15 is 0 Å². The van der Waals surface area contributed by atoms with Crippen LogP contribution in [-0.2, 0) is 0 Å². The summed E-state index contributed by atoms with van der Waals surface area (Å²) < 4.78 is 28.2. The van der Waals surface area contributed by atoms with Crippen molar-refractivity contribution in [1.82, 2.24) is 0 Å². The van der Waals surface area contributed by atoms with Gasteiger partial charge in [-0.05, 0) is 44.0 Å². The third-order valence-electron chi connectivity index (χ3n) is 1.42.